The molecular formula is C18H20ClN3. The Morgan fingerprint density at radius 1 is 1.18 bits per heavy atom. The summed E-state index contributed by atoms with van der Waals surface area (Å²) in [4.78, 5) is 8.76. The van der Waals surface area contributed by atoms with Gasteiger partial charge in [0, 0.05) is 43.6 Å². The monoisotopic (exact) mass is 313 g/mol. The van der Waals surface area contributed by atoms with Crippen molar-refractivity contribution in [2.75, 3.05) is 30.9 Å². The number of aryl methyl sites for hydroxylation is 1. The van der Waals surface area contributed by atoms with Gasteiger partial charge in [0.25, 0.3) is 0 Å². The largest absolute Gasteiger partial charge is 0.363 e. The minimum atomic E-state index is 0.102. The number of aromatic nitrogens is 1. The molecule has 0 saturated carbocycles. The van der Waals surface area contributed by atoms with Crippen LogP contribution in [0.15, 0.2) is 42.6 Å². The van der Waals surface area contributed by atoms with Gasteiger partial charge in [-0.2, -0.15) is 0 Å². The molecule has 0 amide bonds. The van der Waals surface area contributed by atoms with Gasteiger partial charge in [-0.25, -0.2) is 4.98 Å². The van der Waals surface area contributed by atoms with Gasteiger partial charge in [0.05, 0.1) is 6.04 Å². The molecule has 1 aliphatic rings. The summed E-state index contributed by atoms with van der Waals surface area (Å²) >= 11 is 6.50. The van der Waals surface area contributed by atoms with E-state index in [1.165, 1.54) is 5.56 Å². The third-order valence-electron chi connectivity index (χ3n) is 4.08. The van der Waals surface area contributed by atoms with Crippen molar-refractivity contribution < 1.29 is 0 Å². The standard InChI is InChI=1S/C18H20ClN3/c1-12-5-7-14-15(19)10-16(22(4)17(14)9-12)13-6-8-18(20-11-13)21(2)3/h5-11,16H,1-4H3. The number of anilines is 2. The number of benzene rings is 1. The van der Waals surface area contributed by atoms with E-state index < -0.39 is 0 Å². The molecule has 0 spiro atoms. The number of halogens is 1. The van der Waals surface area contributed by atoms with Gasteiger partial charge in [0.2, 0.25) is 0 Å². The second-order valence-electron chi connectivity index (χ2n) is 5.94. The average molecular weight is 314 g/mol. The van der Waals surface area contributed by atoms with Gasteiger partial charge in [-0.1, -0.05) is 29.8 Å². The first kappa shape index (κ1) is 14.9. The van der Waals surface area contributed by atoms with Crippen LogP contribution in [0.4, 0.5) is 11.5 Å². The molecule has 114 valence electrons. The summed E-state index contributed by atoms with van der Waals surface area (Å²) in [6, 6.07) is 10.6. The van der Waals surface area contributed by atoms with Gasteiger partial charge >= 0.3 is 0 Å². The lowest BCUT2D eigenvalue weighted by molar-refractivity contribution is 0.797. The van der Waals surface area contributed by atoms with Crippen LogP contribution < -0.4 is 9.80 Å². The van der Waals surface area contributed by atoms with Gasteiger partial charge < -0.3 is 9.80 Å². The average Bonchev–Trinajstić information content (AvgIpc) is 2.51. The summed E-state index contributed by atoms with van der Waals surface area (Å²) in [6.07, 6.45) is 4.02. The predicted octanol–water partition coefficient (Wildman–Crippen LogP) is 4.23. The number of rotatable bonds is 2. The molecule has 0 radical (unpaired) electrons. The number of fused-ring (bicyclic) bond motifs is 1. The van der Waals surface area contributed by atoms with E-state index in [1.807, 2.05) is 31.3 Å². The summed E-state index contributed by atoms with van der Waals surface area (Å²) in [7, 11) is 6.08. The molecule has 3 nitrogen and oxygen atoms in total. The number of nitrogens with zero attached hydrogens (tertiary/aromatic N) is 3. The van der Waals surface area contributed by atoms with Crippen LogP contribution in [0, 0.1) is 6.92 Å². The van der Waals surface area contributed by atoms with Gasteiger partial charge in [-0.3, -0.25) is 0 Å². The van der Waals surface area contributed by atoms with Crippen LogP contribution in [-0.4, -0.2) is 26.1 Å². The SMILES string of the molecule is Cc1ccc2c(c1)N(C)C(c1ccc(N(C)C)nc1)C=C2Cl. The number of hydrogen-bond donors (Lipinski definition) is 0. The Hall–Kier alpha value is -2.00. The molecule has 1 aliphatic heterocycles. The van der Waals surface area contributed by atoms with Gasteiger partial charge in [-0.15, -0.1) is 0 Å². The second kappa shape index (κ2) is 5.65. The Balaban J connectivity index is 2.00. The molecule has 0 bridgehead atoms. The Morgan fingerprint density at radius 2 is 1.95 bits per heavy atom. The lowest BCUT2D eigenvalue weighted by Crippen LogP contribution is -2.26. The van der Waals surface area contributed by atoms with E-state index in [0.717, 1.165) is 27.7 Å². The Kier molecular flexibility index (Phi) is 3.83. The van der Waals surface area contributed by atoms with Crippen molar-refractivity contribution >= 4 is 28.1 Å². The minimum absolute atomic E-state index is 0.102. The van der Waals surface area contributed by atoms with Crippen LogP contribution in [0.5, 0.6) is 0 Å². The van der Waals surface area contributed by atoms with Crippen molar-refractivity contribution in [3.05, 3.63) is 59.3 Å². The van der Waals surface area contributed by atoms with Crippen LogP contribution in [-0.2, 0) is 0 Å². The smallest absolute Gasteiger partial charge is 0.127 e. The molecule has 0 saturated heterocycles. The maximum atomic E-state index is 6.50. The maximum Gasteiger partial charge on any atom is 0.127 e. The zero-order valence-corrected chi connectivity index (χ0v) is 14.1. The molecule has 1 aromatic heterocycles. The Labute approximate surface area is 136 Å². The zero-order chi connectivity index (χ0) is 15.9. The van der Waals surface area contributed by atoms with E-state index in [0.29, 0.717) is 0 Å². The molecule has 2 aromatic rings. The van der Waals surface area contributed by atoms with Gasteiger partial charge in [0.15, 0.2) is 0 Å². The third kappa shape index (κ3) is 2.57. The Bertz CT molecular complexity index is 720. The summed E-state index contributed by atoms with van der Waals surface area (Å²) in [6.45, 7) is 2.10. The van der Waals surface area contributed by atoms with E-state index >= 15 is 0 Å². The predicted molar refractivity (Wildman–Crippen MR) is 94.7 cm³/mol. The van der Waals surface area contributed by atoms with Crippen molar-refractivity contribution in [3.8, 4) is 0 Å². The first-order valence-electron chi connectivity index (χ1n) is 7.32. The fourth-order valence-electron chi connectivity index (χ4n) is 2.78. The van der Waals surface area contributed by atoms with Crippen LogP contribution in [0.1, 0.15) is 22.7 Å². The maximum absolute atomic E-state index is 6.50. The molecule has 2 heterocycles. The molecule has 1 unspecified atom stereocenters. The van der Waals surface area contributed by atoms with Crippen molar-refractivity contribution in [2.24, 2.45) is 0 Å². The van der Waals surface area contributed by atoms with Gasteiger partial charge in [-0.05, 0) is 36.3 Å². The number of pyridine rings is 1. The molecule has 0 aliphatic carbocycles. The number of hydrogen-bond acceptors (Lipinski definition) is 3. The summed E-state index contributed by atoms with van der Waals surface area (Å²) in [5.74, 6) is 0.952. The minimum Gasteiger partial charge on any atom is -0.363 e. The molecule has 1 aromatic carbocycles. The summed E-state index contributed by atoms with van der Waals surface area (Å²) in [5.41, 5.74) is 4.62. The third-order valence-corrected chi connectivity index (χ3v) is 4.41. The lowest BCUT2D eigenvalue weighted by Gasteiger charge is -2.34. The fraction of sp³-hybridized carbons (Fsp3) is 0.278. The molecule has 22 heavy (non-hydrogen) atoms. The fourth-order valence-corrected chi connectivity index (χ4v) is 3.06. The molecular weight excluding hydrogens is 294 g/mol. The van der Waals surface area contributed by atoms with Crippen LogP contribution in [0.2, 0.25) is 0 Å². The quantitative estimate of drug-likeness (QED) is 0.827. The first-order valence-corrected chi connectivity index (χ1v) is 7.69. The van der Waals surface area contributed by atoms with E-state index in [2.05, 4.69) is 54.2 Å². The van der Waals surface area contributed by atoms with Crippen LogP contribution in [0.25, 0.3) is 5.03 Å². The second-order valence-corrected chi connectivity index (χ2v) is 6.34. The van der Waals surface area contributed by atoms with Crippen LogP contribution >= 0.6 is 11.6 Å². The molecule has 1 atom stereocenters. The highest BCUT2D eigenvalue weighted by Gasteiger charge is 2.24. The van der Waals surface area contributed by atoms with Crippen molar-refractivity contribution in [3.63, 3.8) is 0 Å². The van der Waals surface area contributed by atoms with E-state index in [1.54, 1.807) is 0 Å². The van der Waals surface area contributed by atoms with E-state index in [4.69, 9.17) is 11.6 Å². The van der Waals surface area contributed by atoms with Crippen molar-refractivity contribution in [1.82, 2.24) is 4.98 Å². The number of likely N-dealkylation sites (N-methyl/N-ethyl adjacent to an activating group) is 1. The Morgan fingerprint density at radius 3 is 2.59 bits per heavy atom. The normalized spacial score (nSPS) is 17.0. The van der Waals surface area contributed by atoms with Crippen LogP contribution in [0.3, 0.4) is 0 Å². The van der Waals surface area contributed by atoms with Gasteiger partial charge in [0.1, 0.15) is 5.82 Å². The molecule has 0 fully saturated rings. The highest BCUT2D eigenvalue weighted by molar-refractivity contribution is 6.49. The molecule has 0 N–H and O–H groups in total. The first-order chi connectivity index (χ1) is 10.5. The zero-order valence-electron chi connectivity index (χ0n) is 13.3. The van der Waals surface area contributed by atoms with E-state index in [9.17, 15) is 0 Å². The summed E-state index contributed by atoms with van der Waals surface area (Å²) in [5, 5.41) is 0.801. The van der Waals surface area contributed by atoms with Crippen molar-refractivity contribution in [2.45, 2.75) is 13.0 Å². The van der Waals surface area contributed by atoms with E-state index in [-0.39, 0.29) is 6.04 Å². The lowest BCUT2D eigenvalue weighted by atomic mass is 9.97. The highest BCUT2D eigenvalue weighted by atomic mass is 35.5. The molecule has 3 rings (SSSR count). The highest BCUT2D eigenvalue weighted by Crippen LogP contribution is 2.41. The topological polar surface area (TPSA) is 19.4 Å². The summed E-state index contributed by atoms with van der Waals surface area (Å²) < 4.78 is 0. The molecule has 4 heteroatoms. The van der Waals surface area contributed by atoms with Crippen molar-refractivity contribution in [1.29, 1.82) is 0 Å².